The molecule has 23 heavy (non-hydrogen) atoms. The number of benzene rings is 1. The van der Waals surface area contributed by atoms with E-state index in [0.29, 0.717) is 6.04 Å². The number of hydrogen-bond acceptors (Lipinski definition) is 5. The molecule has 0 radical (unpaired) electrons. The van der Waals surface area contributed by atoms with Gasteiger partial charge in [0.15, 0.2) is 17.6 Å². The molecule has 6 nitrogen and oxygen atoms in total. The zero-order valence-corrected chi connectivity index (χ0v) is 12.3. The second-order valence-electron chi connectivity index (χ2n) is 5.68. The number of oxazole rings is 1. The van der Waals surface area contributed by atoms with Crippen LogP contribution in [-0.4, -0.2) is 31.8 Å². The fourth-order valence-electron chi connectivity index (χ4n) is 2.67. The van der Waals surface area contributed by atoms with Crippen molar-refractivity contribution in [2.24, 2.45) is 4.99 Å². The maximum atomic E-state index is 5.42. The monoisotopic (exact) mass is 303 g/mol. The fraction of sp³-hybridized carbons (Fsp3) is 0.176. The molecule has 0 N–H and O–H groups in total. The molecule has 112 valence electrons. The highest BCUT2D eigenvalue weighted by atomic mass is 16.3. The maximum Gasteiger partial charge on any atom is 0.181 e. The highest BCUT2D eigenvalue weighted by Gasteiger charge is 2.20. The first-order valence-electron chi connectivity index (χ1n) is 7.59. The lowest BCUT2D eigenvalue weighted by atomic mass is 10.1. The van der Waals surface area contributed by atoms with Gasteiger partial charge < -0.3 is 4.42 Å². The van der Waals surface area contributed by atoms with Crippen LogP contribution in [0.2, 0.25) is 0 Å². The van der Waals surface area contributed by atoms with Crippen molar-refractivity contribution in [3.05, 3.63) is 48.6 Å². The quantitative estimate of drug-likeness (QED) is 0.545. The van der Waals surface area contributed by atoms with E-state index in [1.165, 1.54) is 19.2 Å². The summed E-state index contributed by atoms with van der Waals surface area (Å²) >= 11 is 0. The maximum absolute atomic E-state index is 5.42. The molecule has 6 heteroatoms. The largest absolute Gasteiger partial charge is 0.443 e. The molecule has 0 amide bonds. The van der Waals surface area contributed by atoms with Crippen LogP contribution >= 0.6 is 0 Å². The second kappa shape index (κ2) is 4.74. The van der Waals surface area contributed by atoms with E-state index < -0.39 is 0 Å². The molecule has 0 bridgehead atoms. The van der Waals surface area contributed by atoms with E-state index >= 15 is 0 Å². The van der Waals surface area contributed by atoms with Crippen molar-refractivity contribution < 1.29 is 4.42 Å². The minimum Gasteiger partial charge on any atom is -0.443 e. The molecule has 1 aromatic carbocycles. The number of hydrogen-bond donors (Lipinski definition) is 0. The molecule has 1 aliphatic rings. The van der Waals surface area contributed by atoms with Crippen molar-refractivity contribution in [3.8, 4) is 11.3 Å². The number of fused-ring (bicyclic) bond motifs is 2. The molecule has 3 aromatic heterocycles. The van der Waals surface area contributed by atoms with Crippen molar-refractivity contribution in [1.29, 1.82) is 0 Å². The van der Waals surface area contributed by atoms with Gasteiger partial charge in [0.05, 0.1) is 6.04 Å². The van der Waals surface area contributed by atoms with Gasteiger partial charge in [-0.2, -0.15) is 5.10 Å². The van der Waals surface area contributed by atoms with Crippen molar-refractivity contribution >= 4 is 23.0 Å². The summed E-state index contributed by atoms with van der Waals surface area (Å²) in [7, 11) is 0. The zero-order valence-electron chi connectivity index (χ0n) is 12.3. The van der Waals surface area contributed by atoms with Crippen molar-refractivity contribution in [2.75, 3.05) is 0 Å². The summed E-state index contributed by atoms with van der Waals surface area (Å²) in [6.07, 6.45) is 7.42. The number of nitrogens with zero attached hydrogens (tertiary/aromatic N) is 5. The van der Waals surface area contributed by atoms with Gasteiger partial charge in [0.2, 0.25) is 0 Å². The number of aliphatic imine (C=N–C) groups is 1. The molecular formula is C17H13N5O. The van der Waals surface area contributed by atoms with Crippen LogP contribution in [0.1, 0.15) is 18.5 Å². The second-order valence-corrected chi connectivity index (χ2v) is 5.68. The molecule has 0 aliphatic heterocycles. The first-order chi connectivity index (χ1) is 11.4. The molecule has 0 spiro atoms. The fourth-order valence-corrected chi connectivity index (χ4v) is 2.67. The van der Waals surface area contributed by atoms with Gasteiger partial charge in [0.25, 0.3) is 0 Å². The van der Waals surface area contributed by atoms with Gasteiger partial charge in [-0.1, -0.05) is 6.07 Å². The highest BCUT2D eigenvalue weighted by Crippen LogP contribution is 2.28. The molecule has 0 atom stereocenters. The van der Waals surface area contributed by atoms with Crippen molar-refractivity contribution in [3.63, 3.8) is 0 Å². The van der Waals surface area contributed by atoms with Gasteiger partial charge in [0, 0.05) is 18.0 Å². The molecule has 0 saturated heterocycles. The third-order valence-electron chi connectivity index (χ3n) is 3.98. The van der Waals surface area contributed by atoms with Crippen LogP contribution in [0.4, 0.5) is 0 Å². The van der Waals surface area contributed by atoms with Crippen LogP contribution in [0.3, 0.4) is 0 Å². The summed E-state index contributed by atoms with van der Waals surface area (Å²) in [5, 5.41) is 4.43. The Morgan fingerprint density at radius 2 is 2.22 bits per heavy atom. The van der Waals surface area contributed by atoms with Gasteiger partial charge >= 0.3 is 0 Å². The molecule has 5 rings (SSSR count). The van der Waals surface area contributed by atoms with E-state index in [2.05, 4.69) is 20.1 Å². The topological polar surface area (TPSA) is 68.6 Å². The van der Waals surface area contributed by atoms with Gasteiger partial charge in [0.1, 0.15) is 16.9 Å². The van der Waals surface area contributed by atoms with E-state index in [1.54, 1.807) is 6.20 Å². The van der Waals surface area contributed by atoms with Gasteiger partial charge in [-0.15, -0.1) is 0 Å². The summed E-state index contributed by atoms with van der Waals surface area (Å²) < 4.78 is 7.26. The first kappa shape index (κ1) is 12.5. The normalized spacial score (nSPS) is 15.1. The Labute approximate surface area is 131 Å². The standard InChI is InChI=1S/C17H13N5O/c1-2-16-21-14(9-18-12-4-5-12)17(22(16)20-7-1)11-3-6-13-15(8-11)23-10-19-13/h1-3,6-10,12H,4-5H2/b18-9+. The number of rotatable bonds is 3. The van der Waals surface area contributed by atoms with Crippen molar-refractivity contribution in [1.82, 2.24) is 19.6 Å². The summed E-state index contributed by atoms with van der Waals surface area (Å²) in [4.78, 5) is 13.4. The molecule has 3 heterocycles. The molecule has 0 unspecified atom stereocenters. The smallest absolute Gasteiger partial charge is 0.181 e. The Balaban J connectivity index is 1.75. The van der Waals surface area contributed by atoms with Crippen LogP contribution in [0.5, 0.6) is 0 Å². The lowest BCUT2D eigenvalue weighted by molar-refractivity contribution is 0.602. The van der Waals surface area contributed by atoms with Crippen LogP contribution in [-0.2, 0) is 0 Å². The number of aromatic nitrogens is 4. The SMILES string of the molecule is C(=N\C1CC1)/c1nc2cccnn2c1-c1ccc2ncoc2c1. The van der Waals surface area contributed by atoms with Gasteiger partial charge in [-0.25, -0.2) is 14.5 Å². The third-order valence-corrected chi connectivity index (χ3v) is 3.98. The molecule has 1 aliphatic carbocycles. The third kappa shape index (κ3) is 2.11. The minimum absolute atomic E-state index is 0.456. The van der Waals surface area contributed by atoms with Crippen LogP contribution in [0.15, 0.2) is 52.3 Å². The average molecular weight is 303 g/mol. The molecular weight excluding hydrogens is 290 g/mol. The van der Waals surface area contributed by atoms with E-state index in [9.17, 15) is 0 Å². The van der Waals surface area contributed by atoms with Gasteiger partial charge in [-0.3, -0.25) is 4.99 Å². The Morgan fingerprint density at radius 1 is 1.26 bits per heavy atom. The molecule has 1 saturated carbocycles. The lowest BCUT2D eigenvalue weighted by Gasteiger charge is -2.02. The van der Waals surface area contributed by atoms with Crippen molar-refractivity contribution in [2.45, 2.75) is 18.9 Å². The summed E-state index contributed by atoms with van der Waals surface area (Å²) in [6, 6.07) is 10.2. The van der Waals surface area contributed by atoms with E-state index in [-0.39, 0.29) is 0 Å². The van der Waals surface area contributed by atoms with E-state index in [4.69, 9.17) is 4.42 Å². The number of imidazole rings is 1. The Kier molecular flexibility index (Phi) is 2.58. The lowest BCUT2D eigenvalue weighted by Crippen LogP contribution is -1.95. The van der Waals surface area contributed by atoms with Crippen LogP contribution in [0.25, 0.3) is 28.0 Å². The summed E-state index contributed by atoms with van der Waals surface area (Å²) in [5.41, 5.74) is 5.12. The highest BCUT2D eigenvalue weighted by molar-refractivity contribution is 5.91. The van der Waals surface area contributed by atoms with Crippen LogP contribution in [0, 0.1) is 0 Å². The van der Waals surface area contributed by atoms with E-state index in [1.807, 2.05) is 41.1 Å². The Bertz CT molecular complexity index is 1040. The first-order valence-corrected chi connectivity index (χ1v) is 7.59. The Hall–Kier alpha value is -3.02. The van der Waals surface area contributed by atoms with E-state index in [0.717, 1.165) is 33.7 Å². The Morgan fingerprint density at radius 3 is 3.13 bits per heavy atom. The predicted octanol–water partition coefficient (Wildman–Crippen LogP) is 3.12. The minimum atomic E-state index is 0.456. The molecule has 4 aromatic rings. The molecule has 1 fully saturated rings. The average Bonchev–Trinajstić information content (AvgIpc) is 3.16. The predicted molar refractivity (Wildman–Crippen MR) is 86.6 cm³/mol. The van der Waals surface area contributed by atoms with Gasteiger partial charge in [-0.05, 0) is 37.1 Å². The summed E-state index contributed by atoms with van der Waals surface area (Å²) in [5.74, 6) is 0. The zero-order chi connectivity index (χ0) is 15.2. The summed E-state index contributed by atoms with van der Waals surface area (Å²) in [6.45, 7) is 0. The van der Waals surface area contributed by atoms with Crippen LogP contribution < -0.4 is 0 Å².